The van der Waals surface area contributed by atoms with E-state index in [-0.39, 0.29) is 32.0 Å². The standard InChI is InChI=1S/C22H14Cl3N5O/c1-11-4-3-5-14-12(2)8-17(28-20(11)14)30-21(13(9-26)10-27-30)29-22(31)18-15(23)6-7-16(24)19(18)25/h3-8,10H,1-2H3,(H,29,31). The van der Waals surface area contributed by atoms with E-state index in [2.05, 4.69) is 10.4 Å². The Bertz CT molecular complexity index is 1400. The van der Waals surface area contributed by atoms with E-state index >= 15 is 0 Å². The molecule has 0 aliphatic rings. The molecule has 0 aliphatic heterocycles. The first-order valence-corrected chi connectivity index (χ1v) is 10.3. The van der Waals surface area contributed by atoms with Crippen LogP contribution in [0.4, 0.5) is 5.82 Å². The minimum absolute atomic E-state index is 0.00553. The SMILES string of the molecule is Cc1cc(-n2ncc(C#N)c2NC(=O)c2c(Cl)ccc(Cl)c2Cl)nc2c(C)cccc12. The zero-order valence-corrected chi connectivity index (χ0v) is 18.6. The van der Waals surface area contributed by atoms with Crippen LogP contribution in [0.15, 0.2) is 42.6 Å². The molecule has 2 heterocycles. The Morgan fingerprint density at radius 2 is 1.84 bits per heavy atom. The monoisotopic (exact) mass is 469 g/mol. The van der Waals surface area contributed by atoms with Gasteiger partial charge in [0.25, 0.3) is 5.91 Å². The predicted molar refractivity (Wildman–Crippen MR) is 122 cm³/mol. The lowest BCUT2D eigenvalue weighted by molar-refractivity contribution is 0.102. The Labute approximate surface area is 193 Å². The summed E-state index contributed by atoms with van der Waals surface area (Å²) in [6.07, 6.45) is 1.36. The number of fused-ring (bicyclic) bond motifs is 1. The first-order valence-electron chi connectivity index (χ1n) is 9.12. The van der Waals surface area contributed by atoms with Gasteiger partial charge in [-0.3, -0.25) is 4.79 Å². The van der Waals surface area contributed by atoms with Crippen LogP contribution < -0.4 is 5.32 Å². The highest BCUT2D eigenvalue weighted by Gasteiger charge is 2.22. The van der Waals surface area contributed by atoms with Crippen molar-refractivity contribution in [3.63, 3.8) is 0 Å². The van der Waals surface area contributed by atoms with Gasteiger partial charge in [-0.1, -0.05) is 53.0 Å². The van der Waals surface area contributed by atoms with E-state index in [1.54, 1.807) is 0 Å². The lowest BCUT2D eigenvalue weighted by Gasteiger charge is -2.13. The third-order valence-corrected chi connectivity index (χ3v) is 5.96. The van der Waals surface area contributed by atoms with Gasteiger partial charge in [0, 0.05) is 5.39 Å². The van der Waals surface area contributed by atoms with Crippen molar-refractivity contribution in [2.45, 2.75) is 13.8 Å². The molecule has 2 aromatic carbocycles. The topological polar surface area (TPSA) is 83.6 Å². The maximum atomic E-state index is 13.0. The molecule has 0 atom stereocenters. The third kappa shape index (κ3) is 3.72. The third-order valence-electron chi connectivity index (χ3n) is 4.84. The summed E-state index contributed by atoms with van der Waals surface area (Å²) >= 11 is 18.4. The molecule has 0 aliphatic carbocycles. The molecule has 0 spiro atoms. The van der Waals surface area contributed by atoms with Crippen LogP contribution in [0, 0.1) is 25.2 Å². The fourth-order valence-electron chi connectivity index (χ4n) is 3.28. The van der Waals surface area contributed by atoms with Crippen molar-refractivity contribution in [1.29, 1.82) is 5.26 Å². The molecule has 31 heavy (non-hydrogen) atoms. The molecule has 0 saturated heterocycles. The van der Waals surface area contributed by atoms with Gasteiger partial charge in [-0.05, 0) is 43.2 Å². The van der Waals surface area contributed by atoms with Crippen molar-refractivity contribution in [2.75, 3.05) is 5.32 Å². The molecule has 2 aromatic heterocycles. The van der Waals surface area contributed by atoms with E-state index in [1.807, 2.05) is 44.2 Å². The number of nitrogens with zero attached hydrogens (tertiary/aromatic N) is 4. The maximum Gasteiger partial charge on any atom is 0.259 e. The minimum Gasteiger partial charge on any atom is -0.305 e. The fraction of sp³-hybridized carbons (Fsp3) is 0.0909. The van der Waals surface area contributed by atoms with Gasteiger partial charge in [0.1, 0.15) is 11.6 Å². The molecule has 0 bridgehead atoms. The number of aromatic nitrogens is 3. The molecule has 6 nitrogen and oxygen atoms in total. The Morgan fingerprint density at radius 1 is 1.10 bits per heavy atom. The average Bonchev–Trinajstić information content (AvgIpc) is 3.14. The van der Waals surface area contributed by atoms with E-state index < -0.39 is 5.91 Å². The smallest absolute Gasteiger partial charge is 0.259 e. The summed E-state index contributed by atoms with van der Waals surface area (Å²) in [5.74, 6) is -0.0109. The van der Waals surface area contributed by atoms with Crippen LogP contribution in [-0.4, -0.2) is 20.7 Å². The summed E-state index contributed by atoms with van der Waals surface area (Å²) in [5, 5.41) is 17.8. The number of carbonyl (C=O) groups excluding carboxylic acids is 1. The maximum absolute atomic E-state index is 13.0. The molecular weight excluding hydrogens is 457 g/mol. The molecule has 9 heteroatoms. The zero-order chi connectivity index (χ0) is 22.3. The molecule has 0 unspecified atom stereocenters. The van der Waals surface area contributed by atoms with Crippen LogP contribution in [0.2, 0.25) is 15.1 Å². The van der Waals surface area contributed by atoms with Crippen molar-refractivity contribution in [3.05, 3.63) is 79.9 Å². The van der Waals surface area contributed by atoms with E-state index in [1.165, 1.54) is 23.0 Å². The highest BCUT2D eigenvalue weighted by atomic mass is 35.5. The van der Waals surface area contributed by atoms with Crippen molar-refractivity contribution in [3.8, 4) is 11.9 Å². The van der Waals surface area contributed by atoms with E-state index in [9.17, 15) is 10.1 Å². The number of benzene rings is 2. The van der Waals surface area contributed by atoms with Crippen LogP contribution >= 0.6 is 34.8 Å². The zero-order valence-electron chi connectivity index (χ0n) is 16.4. The second-order valence-corrected chi connectivity index (χ2v) is 8.06. The number of aryl methyl sites for hydroxylation is 2. The first kappa shape index (κ1) is 21.1. The van der Waals surface area contributed by atoms with Gasteiger partial charge in [-0.25, -0.2) is 4.98 Å². The number of nitriles is 1. The normalized spacial score (nSPS) is 10.8. The first-order chi connectivity index (χ1) is 14.8. The molecule has 0 fully saturated rings. The Kier molecular flexibility index (Phi) is 5.59. The largest absolute Gasteiger partial charge is 0.305 e. The molecule has 154 valence electrons. The number of anilines is 1. The number of carbonyl (C=O) groups is 1. The number of hydrogen-bond donors (Lipinski definition) is 1. The summed E-state index contributed by atoms with van der Waals surface area (Å²) in [4.78, 5) is 17.7. The quantitative estimate of drug-likeness (QED) is 0.365. The van der Waals surface area contributed by atoms with Crippen LogP contribution in [0.25, 0.3) is 16.7 Å². The van der Waals surface area contributed by atoms with Crippen molar-refractivity contribution in [1.82, 2.24) is 14.8 Å². The summed E-state index contributed by atoms with van der Waals surface area (Å²) in [5.41, 5.74) is 2.96. The Hall–Kier alpha value is -3.11. The lowest BCUT2D eigenvalue weighted by Crippen LogP contribution is -2.17. The van der Waals surface area contributed by atoms with Crippen molar-refractivity contribution >= 4 is 57.4 Å². The van der Waals surface area contributed by atoms with Gasteiger partial charge in [-0.2, -0.15) is 15.0 Å². The van der Waals surface area contributed by atoms with Gasteiger partial charge < -0.3 is 5.32 Å². The van der Waals surface area contributed by atoms with Gasteiger partial charge in [0.05, 0.1) is 32.3 Å². The van der Waals surface area contributed by atoms with E-state index in [4.69, 9.17) is 39.8 Å². The number of hydrogen-bond acceptors (Lipinski definition) is 4. The average molecular weight is 471 g/mol. The number of nitrogens with one attached hydrogen (secondary N) is 1. The van der Waals surface area contributed by atoms with E-state index in [0.29, 0.717) is 5.82 Å². The molecule has 0 saturated carbocycles. The molecule has 0 radical (unpaired) electrons. The minimum atomic E-state index is -0.621. The van der Waals surface area contributed by atoms with Gasteiger partial charge >= 0.3 is 0 Å². The molecule has 4 rings (SSSR count). The Morgan fingerprint density at radius 3 is 2.58 bits per heavy atom. The van der Waals surface area contributed by atoms with Crippen molar-refractivity contribution in [2.24, 2.45) is 0 Å². The molecular formula is C22H14Cl3N5O. The number of para-hydroxylation sites is 1. The molecule has 1 amide bonds. The van der Waals surface area contributed by atoms with Gasteiger partial charge in [0.2, 0.25) is 0 Å². The highest BCUT2D eigenvalue weighted by Crippen LogP contribution is 2.32. The number of amides is 1. The van der Waals surface area contributed by atoms with Crippen LogP contribution in [-0.2, 0) is 0 Å². The highest BCUT2D eigenvalue weighted by molar-refractivity contribution is 6.46. The Balaban J connectivity index is 1.84. The summed E-state index contributed by atoms with van der Waals surface area (Å²) < 4.78 is 1.40. The van der Waals surface area contributed by atoms with Crippen molar-refractivity contribution < 1.29 is 4.79 Å². The van der Waals surface area contributed by atoms with Gasteiger partial charge in [0.15, 0.2) is 11.6 Å². The second-order valence-electron chi connectivity index (χ2n) is 6.87. The number of pyridine rings is 1. The molecule has 1 N–H and O–H groups in total. The lowest BCUT2D eigenvalue weighted by atomic mass is 10.1. The predicted octanol–water partition coefficient (Wildman–Crippen LogP) is 6.12. The van der Waals surface area contributed by atoms with Crippen LogP contribution in [0.1, 0.15) is 27.0 Å². The number of rotatable bonds is 3. The van der Waals surface area contributed by atoms with Crippen LogP contribution in [0.3, 0.4) is 0 Å². The summed E-state index contributed by atoms with van der Waals surface area (Å²) in [6.45, 7) is 3.93. The number of halogens is 3. The summed E-state index contributed by atoms with van der Waals surface area (Å²) in [7, 11) is 0. The van der Waals surface area contributed by atoms with E-state index in [0.717, 1.165) is 22.0 Å². The fourth-order valence-corrected chi connectivity index (χ4v) is 3.98. The van der Waals surface area contributed by atoms with Crippen LogP contribution in [0.5, 0.6) is 0 Å². The second kappa shape index (κ2) is 8.20. The van der Waals surface area contributed by atoms with Gasteiger partial charge in [-0.15, -0.1) is 0 Å². The summed E-state index contributed by atoms with van der Waals surface area (Å²) in [6, 6.07) is 12.8. The molecule has 4 aromatic rings.